The molecule has 2 N–H and O–H groups in total. The van der Waals surface area contributed by atoms with Crippen molar-refractivity contribution in [1.82, 2.24) is 25.0 Å². The Morgan fingerprint density at radius 3 is 2.42 bits per heavy atom. The van der Waals surface area contributed by atoms with Gasteiger partial charge in [0.1, 0.15) is 5.82 Å². The second kappa shape index (κ2) is 4.45. The zero-order chi connectivity index (χ0) is 14.2. The van der Waals surface area contributed by atoms with Gasteiger partial charge in [0.25, 0.3) is 11.5 Å². The molecule has 2 heterocycles. The SMILES string of the molecule is Cc1[nH]n(C)c(=O)c1N=Nc1n[nH]c(C(C)(C)C)n1. The molecule has 19 heavy (non-hydrogen) atoms. The van der Waals surface area contributed by atoms with Gasteiger partial charge in [0.2, 0.25) is 0 Å². The molecule has 0 aliphatic carbocycles. The molecule has 0 atom stereocenters. The lowest BCUT2D eigenvalue weighted by molar-refractivity contribution is 0.548. The Labute approximate surface area is 110 Å². The summed E-state index contributed by atoms with van der Waals surface area (Å²) in [5.74, 6) is 0.938. The highest BCUT2D eigenvalue weighted by Crippen LogP contribution is 2.20. The van der Waals surface area contributed by atoms with Crippen molar-refractivity contribution in [2.45, 2.75) is 33.1 Å². The van der Waals surface area contributed by atoms with E-state index in [9.17, 15) is 4.79 Å². The number of aromatic nitrogens is 5. The highest BCUT2D eigenvalue weighted by molar-refractivity contribution is 5.38. The number of aryl methyl sites for hydroxylation is 2. The van der Waals surface area contributed by atoms with Gasteiger partial charge >= 0.3 is 0 Å². The molecule has 0 spiro atoms. The number of nitrogens with zero attached hydrogens (tertiary/aromatic N) is 5. The summed E-state index contributed by atoms with van der Waals surface area (Å²) in [5, 5.41) is 17.4. The van der Waals surface area contributed by atoms with Crippen LogP contribution < -0.4 is 5.56 Å². The monoisotopic (exact) mass is 263 g/mol. The van der Waals surface area contributed by atoms with Crippen LogP contribution in [-0.2, 0) is 12.5 Å². The van der Waals surface area contributed by atoms with E-state index in [1.165, 1.54) is 4.68 Å². The molecule has 0 saturated carbocycles. The Bertz CT molecular complexity index is 668. The second-order valence-electron chi connectivity index (χ2n) is 5.38. The van der Waals surface area contributed by atoms with Crippen molar-refractivity contribution >= 4 is 11.6 Å². The molecule has 2 rings (SSSR count). The maximum atomic E-state index is 11.7. The van der Waals surface area contributed by atoms with Crippen molar-refractivity contribution in [3.63, 3.8) is 0 Å². The fourth-order valence-corrected chi connectivity index (χ4v) is 1.52. The highest BCUT2D eigenvalue weighted by Gasteiger charge is 2.18. The summed E-state index contributed by atoms with van der Waals surface area (Å²) in [6.45, 7) is 7.80. The molecule has 2 aromatic heterocycles. The molecule has 0 amide bonds. The summed E-state index contributed by atoms with van der Waals surface area (Å²) in [5.41, 5.74) is 0.557. The third-order valence-electron chi connectivity index (χ3n) is 2.62. The number of aromatic amines is 2. The van der Waals surface area contributed by atoms with Crippen LogP contribution in [0.3, 0.4) is 0 Å². The smallest absolute Gasteiger partial charge is 0.294 e. The van der Waals surface area contributed by atoms with Crippen molar-refractivity contribution in [3.05, 3.63) is 21.9 Å². The number of azo groups is 1. The first kappa shape index (κ1) is 13.2. The average Bonchev–Trinajstić information content (AvgIpc) is 2.84. The van der Waals surface area contributed by atoms with Crippen LogP contribution in [0.4, 0.5) is 11.6 Å². The van der Waals surface area contributed by atoms with E-state index < -0.39 is 0 Å². The summed E-state index contributed by atoms with van der Waals surface area (Å²) >= 11 is 0. The minimum Gasteiger partial charge on any atom is -0.298 e. The molecule has 0 saturated heterocycles. The van der Waals surface area contributed by atoms with Crippen molar-refractivity contribution in [2.24, 2.45) is 17.3 Å². The minimum atomic E-state index is -0.229. The first-order valence-corrected chi connectivity index (χ1v) is 5.89. The van der Waals surface area contributed by atoms with Crippen LogP contribution in [0.5, 0.6) is 0 Å². The maximum absolute atomic E-state index is 11.7. The Balaban J connectivity index is 2.28. The Kier molecular flexibility index (Phi) is 3.09. The van der Waals surface area contributed by atoms with Gasteiger partial charge in [-0.15, -0.1) is 15.3 Å². The Hall–Kier alpha value is -2.25. The summed E-state index contributed by atoms with van der Waals surface area (Å²) in [4.78, 5) is 15.9. The van der Waals surface area contributed by atoms with Gasteiger partial charge in [-0.2, -0.15) is 4.98 Å². The Morgan fingerprint density at radius 1 is 1.26 bits per heavy atom. The van der Waals surface area contributed by atoms with Gasteiger partial charge in [-0.05, 0) is 6.92 Å². The largest absolute Gasteiger partial charge is 0.298 e. The minimum absolute atomic E-state index is 0.138. The van der Waals surface area contributed by atoms with E-state index in [1.54, 1.807) is 14.0 Å². The molecular formula is C11H17N7O. The van der Waals surface area contributed by atoms with Gasteiger partial charge in [0.15, 0.2) is 5.69 Å². The van der Waals surface area contributed by atoms with Crippen LogP contribution in [0.25, 0.3) is 0 Å². The molecule has 102 valence electrons. The van der Waals surface area contributed by atoms with Crippen LogP contribution in [0.1, 0.15) is 32.3 Å². The fourth-order valence-electron chi connectivity index (χ4n) is 1.52. The van der Waals surface area contributed by atoms with Crippen LogP contribution in [-0.4, -0.2) is 25.0 Å². The van der Waals surface area contributed by atoms with Gasteiger partial charge in [0.05, 0.1) is 5.69 Å². The number of H-pyrrole nitrogens is 2. The molecule has 0 radical (unpaired) electrons. The summed E-state index contributed by atoms with van der Waals surface area (Å²) < 4.78 is 1.35. The summed E-state index contributed by atoms with van der Waals surface area (Å²) in [6.07, 6.45) is 0. The quantitative estimate of drug-likeness (QED) is 0.808. The van der Waals surface area contributed by atoms with Crippen LogP contribution in [0.15, 0.2) is 15.0 Å². The fraction of sp³-hybridized carbons (Fsp3) is 0.545. The first-order valence-electron chi connectivity index (χ1n) is 5.89. The third-order valence-corrected chi connectivity index (χ3v) is 2.62. The summed E-state index contributed by atoms with van der Waals surface area (Å²) in [7, 11) is 1.62. The van der Waals surface area contributed by atoms with Gasteiger partial charge < -0.3 is 0 Å². The van der Waals surface area contributed by atoms with E-state index in [2.05, 4.69) is 30.5 Å². The van der Waals surface area contributed by atoms with Crippen molar-refractivity contribution < 1.29 is 0 Å². The topological polar surface area (TPSA) is 104 Å². The van der Waals surface area contributed by atoms with Gasteiger partial charge in [-0.3, -0.25) is 19.7 Å². The third kappa shape index (κ3) is 2.61. The normalized spacial score (nSPS) is 12.5. The van der Waals surface area contributed by atoms with Crippen LogP contribution in [0, 0.1) is 6.92 Å². The van der Waals surface area contributed by atoms with Gasteiger partial charge in [0, 0.05) is 12.5 Å². The predicted octanol–water partition coefficient (Wildman–Crippen LogP) is 1.85. The summed E-state index contributed by atoms with van der Waals surface area (Å²) in [6, 6.07) is 0. The van der Waals surface area contributed by atoms with Crippen molar-refractivity contribution in [2.75, 3.05) is 0 Å². The van der Waals surface area contributed by atoms with Crippen LogP contribution in [0.2, 0.25) is 0 Å². The second-order valence-corrected chi connectivity index (χ2v) is 5.38. The van der Waals surface area contributed by atoms with E-state index in [1.807, 2.05) is 20.8 Å². The molecular weight excluding hydrogens is 246 g/mol. The highest BCUT2D eigenvalue weighted by atomic mass is 16.1. The number of hydrogen-bond donors (Lipinski definition) is 2. The molecule has 0 unspecified atom stereocenters. The van der Waals surface area contributed by atoms with E-state index in [0.29, 0.717) is 5.69 Å². The lowest BCUT2D eigenvalue weighted by Gasteiger charge is -2.12. The standard InChI is InChI=1S/C11H17N7O/c1-6-7(8(19)18(5)17-6)13-15-10-12-9(14-16-10)11(2,3)4/h17H,1-5H3,(H,12,14,16). The lowest BCUT2D eigenvalue weighted by atomic mass is 9.96. The van der Waals surface area contributed by atoms with E-state index in [0.717, 1.165) is 5.82 Å². The zero-order valence-corrected chi connectivity index (χ0v) is 11.6. The zero-order valence-electron chi connectivity index (χ0n) is 11.6. The Morgan fingerprint density at radius 2 is 1.95 bits per heavy atom. The number of hydrogen-bond acceptors (Lipinski definition) is 5. The number of rotatable bonds is 2. The number of nitrogens with one attached hydrogen (secondary N) is 2. The van der Waals surface area contributed by atoms with Crippen molar-refractivity contribution in [1.29, 1.82) is 0 Å². The first-order chi connectivity index (χ1) is 8.79. The van der Waals surface area contributed by atoms with Gasteiger partial charge in [-0.25, -0.2) is 0 Å². The molecule has 2 aromatic rings. The van der Waals surface area contributed by atoms with Crippen LogP contribution >= 0.6 is 0 Å². The van der Waals surface area contributed by atoms with Gasteiger partial charge in [-0.1, -0.05) is 20.8 Å². The lowest BCUT2D eigenvalue weighted by Crippen LogP contribution is -2.13. The average molecular weight is 263 g/mol. The molecule has 0 aromatic carbocycles. The predicted molar refractivity (Wildman–Crippen MR) is 70.0 cm³/mol. The molecule has 0 aliphatic rings. The molecule has 0 bridgehead atoms. The van der Waals surface area contributed by atoms with E-state index in [4.69, 9.17) is 0 Å². The molecule has 8 heteroatoms. The maximum Gasteiger partial charge on any atom is 0.294 e. The molecule has 0 aliphatic heterocycles. The van der Waals surface area contributed by atoms with E-state index in [-0.39, 0.29) is 22.6 Å². The van der Waals surface area contributed by atoms with Crippen molar-refractivity contribution in [3.8, 4) is 0 Å². The molecule has 8 nitrogen and oxygen atoms in total. The van der Waals surface area contributed by atoms with E-state index >= 15 is 0 Å². The molecule has 0 fully saturated rings.